The van der Waals surface area contributed by atoms with Crippen molar-refractivity contribution in [3.8, 4) is 5.75 Å². The summed E-state index contributed by atoms with van der Waals surface area (Å²) in [5, 5.41) is 22.6. The predicted octanol–water partition coefficient (Wildman–Crippen LogP) is -0.644. The van der Waals surface area contributed by atoms with Crippen molar-refractivity contribution in [3.05, 3.63) is 29.8 Å². The van der Waals surface area contributed by atoms with E-state index in [1.165, 1.54) is 26.0 Å². The van der Waals surface area contributed by atoms with Gasteiger partial charge in [-0.2, -0.15) is 0 Å². The van der Waals surface area contributed by atoms with Gasteiger partial charge in [-0.05, 0) is 38.0 Å². The highest BCUT2D eigenvalue weighted by molar-refractivity contribution is 5.91. The number of carboxylic acid groups (broad SMARTS) is 1. The zero-order valence-electron chi connectivity index (χ0n) is 12.9. The quantitative estimate of drug-likeness (QED) is 0.452. The molecule has 1 rings (SSSR count). The van der Waals surface area contributed by atoms with Gasteiger partial charge in [-0.25, -0.2) is 0 Å². The average molecular weight is 323 g/mol. The molecule has 0 radical (unpaired) electrons. The summed E-state index contributed by atoms with van der Waals surface area (Å²) in [6, 6.07) is 3.45. The van der Waals surface area contributed by atoms with Gasteiger partial charge in [0, 0.05) is 0 Å². The van der Waals surface area contributed by atoms with Crippen LogP contribution in [0, 0.1) is 0 Å². The standard InChI is InChI=1S/C15H21N3O5/c1-8(13(20)18-9(2)15(22)23)17-14(21)12(16)7-10-3-5-11(19)6-4-10/h3-6,8-9,12,19H,7,16H2,1-2H3,(H,17,21)(H,18,20)(H,22,23)/t8-,9-,12+/m1/s1. The monoisotopic (exact) mass is 323 g/mol. The highest BCUT2D eigenvalue weighted by Crippen LogP contribution is 2.10. The van der Waals surface area contributed by atoms with Crippen LogP contribution in [0.25, 0.3) is 0 Å². The smallest absolute Gasteiger partial charge is 0.325 e. The number of carbonyl (C=O) groups is 3. The van der Waals surface area contributed by atoms with Crippen molar-refractivity contribution in [2.45, 2.75) is 38.4 Å². The van der Waals surface area contributed by atoms with E-state index in [0.29, 0.717) is 0 Å². The summed E-state index contributed by atoms with van der Waals surface area (Å²) >= 11 is 0. The highest BCUT2D eigenvalue weighted by Gasteiger charge is 2.22. The number of hydrogen-bond donors (Lipinski definition) is 5. The van der Waals surface area contributed by atoms with Gasteiger partial charge in [0.25, 0.3) is 0 Å². The van der Waals surface area contributed by atoms with Crippen molar-refractivity contribution in [1.82, 2.24) is 10.6 Å². The fourth-order valence-electron chi connectivity index (χ4n) is 1.76. The maximum atomic E-state index is 12.0. The largest absolute Gasteiger partial charge is 0.508 e. The Labute approximate surface area is 133 Å². The Hall–Kier alpha value is -2.61. The second-order valence-electron chi connectivity index (χ2n) is 5.28. The molecule has 0 fully saturated rings. The van der Waals surface area contributed by atoms with E-state index in [2.05, 4.69) is 10.6 Å². The molecule has 8 heteroatoms. The molecule has 0 aromatic heterocycles. The normalized spacial score (nSPS) is 14.4. The lowest BCUT2D eigenvalue weighted by Crippen LogP contribution is -2.53. The number of nitrogens with one attached hydrogen (secondary N) is 2. The van der Waals surface area contributed by atoms with Gasteiger partial charge in [0.15, 0.2) is 0 Å². The van der Waals surface area contributed by atoms with Gasteiger partial charge in [0.1, 0.15) is 17.8 Å². The van der Waals surface area contributed by atoms with Crippen LogP contribution in [0.1, 0.15) is 19.4 Å². The SMILES string of the molecule is C[C@@H](NC(=O)[C@@H](C)NC(=O)[C@@H](N)Cc1ccc(O)cc1)C(=O)O. The van der Waals surface area contributed by atoms with Gasteiger partial charge in [-0.15, -0.1) is 0 Å². The highest BCUT2D eigenvalue weighted by atomic mass is 16.4. The van der Waals surface area contributed by atoms with Crippen LogP contribution >= 0.6 is 0 Å². The van der Waals surface area contributed by atoms with Gasteiger partial charge in [0.2, 0.25) is 11.8 Å². The van der Waals surface area contributed by atoms with Crippen molar-refractivity contribution in [2.24, 2.45) is 5.73 Å². The van der Waals surface area contributed by atoms with E-state index in [4.69, 9.17) is 10.8 Å². The molecule has 0 spiro atoms. The Morgan fingerprint density at radius 1 is 1.04 bits per heavy atom. The molecular weight excluding hydrogens is 302 g/mol. The summed E-state index contributed by atoms with van der Waals surface area (Å²) in [6.45, 7) is 2.76. The van der Waals surface area contributed by atoms with Crippen LogP contribution in [-0.2, 0) is 20.8 Å². The molecule has 0 unspecified atom stereocenters. The molecule has 0 aliphatic carbocycles. The van der Waals surface area contributed by atoms with E-state index in [9.17, 15) is 19.5 Å². The Balaban J connectivity index is 2.51. The van der Waals surface area contributed by atoms with Crippen molar-refractivity contribution in [3.63, 3.8) is 0 Å². The summed E-state index contributed by atoms with van der Waals surface area (Å²) in [5.74, 6) is -2.18. The van der Waals surface area contributed by atoms with Crippen LogP contribution in [0.4, 0.5) is 0 Å². The summed E-state index contributed by atoms with van der Waals surface area (Å²) in [5.41, 5.74) is 6.55. The van der Waals surface area contributed by atoms with Gasteiger partial charge in [0.05, 0.1) is 6.04 Å². The number of amides is 2. The van der Waals surface area contributed by atoms with Crippen LogP contribution < -0.4 is 16.4 Å². The summed E-state index contributed by atoms with van der Waals surface area (Å²) in [7, 11) is 0. The molecule has 1 aromatic carbocycles. The van der Waals surface area contributed by atoms with Crippen molar-refractivity contribution >= 4 is 17.8 Å². The zero-order chi connectivity index (χ0) is 17.6. The number of rotatable bonds is 7. The number of carboxylic acids is 1. The molecule has 8 nitrogen and oxygen atoms in total. The van der Waals surface area contributed by atoms with E-state index >= 15 is 0 Å². The summed E-state index contributed by atoms with van der Waals surface area (Å²) < 4.78 is 0. The fraction of sp³-hybridized carbons (Fsp3) is 0.400. The van der Waals surface area contributed by atoms with Gasteiger partial charge in [-0.3, -0.25) is 14.4 Å². The fourth-order valence-corrected chi connectivity index (χ4v) is 1.76. The van der Waals surface area contributed by atoms with Crippen molar-refractivity contribution in [1.29, 1.82) is 0 Å². The summed E-state index contributed by atoms with van der Waals surface area (Å²) in [4.78, 5) is 34.4. The van der Waals surface area contributed by atoms with Gasteiger partial charge < -0.3 is 26.6 Å². The Morgan fingerprint density at radius 2 is 1.57 bits per heavy atom. The van der Waals surface area contributed by atoms with Crippen molar-refractivity contribution in [2.75, 3.05) is 0 Å². The third kappa shape index (κ3) is 5.95. The number of hydrogen-bond acceptors (Lipinski definition) is 5. The molecule has 0 aliphatic heterocycles. The molecule has 126 valence electrons. The van der Waals surface area contributed by atoms with E-state index in [1.54, 1.807) is 12.1 Å². The molecule has 3 atom stereocenters. The zero-order valence-corrected chi connectivity index (χ0v) is 12.9. The number of aliphatic carboxylic acids is 1. The number of phenols is 1. The van der Waals surface area contributed by atoms with Crippen LogP contribution in [0.15, 0.2) is 24.3 Å². The first kappa shape index (κ1) is 18.4. The molecule has 0 saturated carbocycles. The minimum Gasteiger partial charge on any atom is -0.508 e. The molecule has 0 bridgehead atoms. The summed E-state index contributed by atoms with van der Waals surface area (Å²) in [6.07, 6.45) is 0.242. The van der Waals surface area contributed by atoms with E-state index in [1.807, 2.05) is 0 Å². The minimum absolute atomic E-state index is 0.115. The lowest BCUT2D eigenvalue weighted by Gasteiger charge is -2.18. The van der Waals surface area contributed by atoms with Gasteiger partial charge >= 0.3 is 5.97 Å². The lowest BCUT2D eigenvalue weighted by molar-refractivity contribution is -0.141. The first-order valence-corrected chi connectivity index (χ1v) is 7.07. The molecular formula is C15H21N3O5. The maximum absolute atomic E-state index is 12.0. The van der Waals surface area contributed by atoms with E-state index < -0.39 is 35.9 Å². The van der Waals surface area contributed by atoms with Crippen LogP contribution in [0.3, 0.4) is 0 Å². The lowest BCUT2D eigenvalue weighted by atomic mass is 10.1. The average Bonchev–Trinajstić information content (AvgIpc) is 2.49. The van der Waals surface area contributed by atoms with Gasteiger partial charge in [-0.1, -0.05) is 12.1 Å². The van der Waals surface area contributed by atoms with Crippen LogP contribution in [0.2, 0.25) is 0 Å². The Bertz CT molecular complexity index is 573. The predicted molar refractivity (Wildman–Crippen MR) is 82.6 cm³/mol. The minimum atomic E-state index is -1.17. The molecule has 1 aromatic rings. The third-order valence-corrected chi connectivity index (χ3v) is 3.21. The molecule has 0 aliphatic rings. The number of nitrogens with two attached hydrogens (primary N) is 1. The second-order valence-corrected chi connectivity index (χ2v) is 5.28. The van der Waals surface area contributed by atoms with Crippen LogP contribution in [-0.4, -0.2) is 46.1 Å². The maximum Gasteiger partial charge on any atom is 0.325 e. The topological polar surface area (TPSA) is 142 Å². The number of benzene rings is 1. The molecule has 6 N–H and O–H groups in total. The molecule has 0 heterocycles. The van der Waals surface area contributed by atoms with E-state index in [-0.39, 0.29) is 12.2 Å². The number of phenolic OH excluding ortho intramolecular Hbond substituents is 1. The first-order valence-electron chi connectivity index (χ1n) is 7.07. The molecule has 2 amide bonds. The molecule has 23 heavy (non-hydrogen) atoms. The Kier molecular flexibility index (Phi) is 6.52. The van der Waals surface area contributed by atoms with E-state index in [0.717, 1.165) is 5.56 Å². The molecule has 0 saturated heterocycles. The third-order valence-electron chi connectivity index (χ3n) is 3.21. The van der Waals surface area contributed by atoms with Crippen LogP contribution in [0.5, 0.6) is 5.75 Å². The number of aromatic hydroxyl groups is 1. The number of carbonyl (C=O) groups excluding carboxylic acids is 2. The first-order chi connectivity index (χ1) is 10.7. The Morgan fingerprint density at radius 3 is 2.09 bits per heavy atom. The second kappa shape index (κ2) is 8.14. The van der Waals surface area contributed by atoms with Crippen molar-refractivity contribution < 1.29 is 24.6 Å².